The average Bonchev–Trinajstić information content (AvgIpc) is 3.29. The van der Waals surface area contributed by atoms with E-state index >= 15 is 0 Å². The van der Waals surface area contributed by atoms with Gasteiger partial charge in [-0.05, 0) is 76.1 Å². The molecule has 2 N–H and O–H groups in total. The standard InChI is InChI=1S/C23H34F2N4O/c24-18-5-8-22(20(25)16-18)29-14-12-28(13-15-29)11-9-17-3-6-19(7-4-17)27-23(30)21-2-1-10-26-21/h5,8,16-17,19,21,26H,1-4,6-7,9-15H2,(H,27,30). The van der Waals surface area contributed by atoms with Gasteiger partial charge in [0.05, 0.1) is 11.7 Å². The molecule has 4 rings (SSSR count). The van der Waals surface area contributed by atoms with Gasteiger partial charge in [0, 0.05) is 38.3 Å². The fraction of sp³-hybridized carbons (Fsp3) is 0.696. The molecule has 3 fully saturated rings. The van der Waals surface area contributed by atoms with Crippen LogP contribution in [0.25, 0.3) is 0 Å². The Morgan fingerprint density at radius 1 is 1.07 bits per heavy atom. The smallest absolute Gasteiger partial charge is 0.237 e. The van der Waals surface area contributed by atoms with E-state index < -0.39 is 11.6 Å². The largest absolute Gasteiger partial charge is 0.367 e. The molecule has 1 aromatic rings. The van der Waals surface area contributed by atoms with Gasteiger partial charge in [0.1, 0.15) is 11.6 Å². The molecule has 1 saturated carbocycles. The number of rotatable bonds is 6. The van der Waals surface area contributed by atoms with E-state index in [1.165, 1.54) is 25.3 Å². The molecule has 166 valence electrons. The van der Waals surface area contributed by atoms with Crippen molar-refractivity contribution < 1.29 is 13.6 Å². The van der Waals surface area contributed by atoms with Crippen molar-refractivity contribution in [1.82, 2.24) is 15.5 Å². The minimum absolute atomic E-state index is 0.0183. The summed E-state index contributed by atoms with van der Waals surface area (Å²) in [5.74, 6) is -0.0860. The third-order valence-electron chi connectivity index (χ3n) is 7.05. The summed E-state index contributed by atoms with van der Waals surface area (Å²) in [6.45, 7) is 5.41. The SMILES string of the molecule is O=C(NC1CCC(CCN2CCN(c3ccc(F)cc3F)CC2)CC1)C1CCCN1. The first-order valence-corrected chi connectivity index (χ1v) is 11.5. The highest BCUT2D eigenvalue weighted by molar-refractivity contribution is 5.82. The van der Waals surface area contributed by atoms with Crippen molar-refractivity contribution in [1.29, 1.82) is 0 Å². The molecule has 2 heterocycles. The monoisotopic (exact) mass is 420 g/mol. The summed E-state index contributed by atoms with van der Waals surface area (Å²) < 4.78 is 27.1. The second-order valence-electron chi connectivity index (χ2n) is 9.09. The van der Waals surface area contributed by atoms with Gasteiger partial charge in [-0.1, -0.05) is 0 Å². The van der Waals surface area contributed by atoms with Gasteiger partial charge >= 0.3 is 0 Å². The Bertz CT molecular complexity index is 709. The maximum absolute atomic E-state index is 14.0. The number of benzene rings is 1. The Kier molecular flexibility index (Phi) is 7.20. The van der Waals surface area contributed by atoms with Gasteiger partial charge in [0.25, 0.3) is 0 Å². The summed E-state index contributed by atoms with van der Waals surface area (Å²) >= 11 is 0. The van der Waals surface area contributed by atoms with Crippen molar-refractivity contribution in [3.8, 4) is 0 Å². The number of amides is 1. The highest BCUT2D eigenvalue weighted by Crippen LogP contribution is 2.28. The van der Waals surface area contributed by atoms with Crippen LogP contribution >= 0.6 is 0 Å². The Balaban J connectivity index is 1.13. The number of carbonyl (C=O) groups excluding carboxylic acids is 1. The molecule has 2 aliphatic heterocycles. The van der Waals surface area contributed by atoms with E-state index in [0.29, 0.717) is 11.7 Å². The maximum Gasteiger partial charge on any atom is 0.237 e. The molecule has 0 radical (unpaired) electrons. The Morgan fingerprint density at radius 3 is 2.50 bits per heavy atom. The molecule has 0 aromatic heterocycles. The summed E-state index contributed by atoms with van der Waals surface area (Å²) in [6.07, 6.45) is 7.78. The van der Waals surface area contributed by atoms with Crippen LogP contribution in [0.4, 0.5) is 14.5 Å². The van der Waals surface area contributed by atoms with Crippen molar-refractivity contribution in [3.63, 3.8) is 0 Å². The van der Waals surface area contributed by atoms with Crippen LogP contribution in [0.3, 0.4) is 0 Å². The second kappa shape index (κ2) is 10.1. The minimum Gasteiger partial charge on any atom is -0.367 e. The lowest BCUT2D eigenvalue weighted by Crippen LogP contribution is -2.47. The zero-order valence-electron chi connectivity index (χ0n) is 17.7. The quantitative estimate of drug-likeness (QED) is 0.743. The summed E-state index contributed by atoms with van der Waals surface area (Å²) in [4.78, 5) is 16.7. The van der Waals surface area contributed by atoms with Crippen molar-refractivity contribution >= 4 is 11.6 Å². The van der Waals surface area contributed by atoms with Gasteiger partial charge in [-0.25, -0.2) is 8.78 Å². The number of anilines is 1. The summed E-state index contributed by atoms with van der Waals surface area (Å²) in [5, 5.41) is 6.52. The first kappa shape index (κ1) is 21.5. The van der Waals surface area contributed by atoms with Gasteiger partial charge in [-0.3, -0.25) is 9.69 Å². The van der Waals surface area contributed by atoms with Gasteiger partial charge in [-0.15, -0.1) is 0 Å². The highest BCUT2D eigenvalue weighted by Gasteiger charge is 2.27. The molecule has 1 unspecified atom stereocenters. The number of nitrogens with one attached hydrogen (secondary N) is 2. The lowest BCUT2D eigenvalue weighted by atomic mass is 9.84. The molecule has 7 heteroatoms. The van der Waals surface area contributed by atoms with E-state index in [-0.39, 0.29) is 11.9 Å². The number of carbonyl (C=O) groups is 1. The number of piperazine rings is 1. The summed E-state index contributed by atoms with van der Waals surface area (Å²) in [6, 6.07) is 4.19. The minimum atomic E-state index is -0.528. The normalized spacial score (nSPS) is 27.9. The Labute approximate surface area is 178 Å². The summed E-state index contributed by atoms with van der Waals surface area (Å²) in [7, 11) is 0. The first-order valence-electron chi connectivity index (χ1n) is 11.5. The van der Waals surface area contributed by atoms with E-state index in [4.69, 9.17) is 0 Å². The molecule has 0 bridgehead atoms. The molecule has 1 atom stereocenters. The van der Waals surface area contributed by atoms with E-state index in [9.17, 15) is 13.6 Å². The van der Waals surface area contributed by atoms with Crippen molar-refractivity contribution in [2.75, 3.05) is 44.2 Å². The third-order valence-corrected chi connectivity index (χ3v) is 7.05. The van der Waals surface area contributed by atoms with Crippen LogP contribution in [-0.4, -0.2) is 62.2 Å². The number of nitrogens with zero attached hydrogens (tertiary/aromatic N) is 2. The highest BCUT2D eigenvalue weighted by atomic mass is 19.1. The van der Waals surface area contributed by atoms with E-state index in [2.05, 4.69) is 15.5 Å². The summed E-state index contributed by atoms with van der Waals surface area (Å²) in [5.41, 5.74) is 0.504. The topological polar surface area (TPSA) is 47.6 Å². The van der Waals surface area contributed by atoms with Gasteiger partial charge in [0.2, 0.25) is 5.91 Å². The molecular weight excluding hydrogens is 386 g/mol. The lowest BCUT2D eigenvalue weighted by Gasteiger charge is -2.37. The molecule has 1 aliphatic carbocycles. The number of hydrogen-bond acceptors (Lipinski definition) is 4. The van der Waals surface area contributed by atoms with Crippen LogP contribution < -0.4 is 15.5 Å². The molecule has 0 spiro atoms. The van der Waals surface area contributed by atoms with Crippen molar-refractivity contribution in [2.45, 2.75) is 57.0 Å². The van der Waals surface area contributed by atoms with Crippen LogP contribution in [0.1, 0.15) is 44.9 Å². The maximum atomic E-state index is 14.0. The van der Waals surface area contributed by atoms with Crippen LogP contribution in [0.15, 0.2) is 18.2 Å². The third kappa shape index (κ3) is 5.49. The van der Waals surface area contributed by atoms with Crippen LogP contribution in [0.2, 0.25) is 0 Å². The molecular formula is C23H34F2N4O. The Hall–Kier alpha value is -1.73. The Morgan fingerprint density at radius 2 is 1.83 bits per heavy atom. The predicted octanol–water partition coefficient (Wildman–Crippen LogP) is 2.90. The van der Waals surface area contributed by atoms with Gasteiger partial charge in [-0.2, -0.15) is 0 Å². The first-order chi connectivity index (χ1) is 14.6. The zero-order chi connectivity index (χ0) is 20.9. The van der Waals surface area contributed by atoms with Crippen molar-refractivity contribution in [2.24, 2.45) is 5.92 Å². The molecule has 1 amide bonds. The second-order valence-corrected chi connectivity index (χ2v) is 9.09. The molecule has 30 heavy (non-hydrogen) atoms. The fourth-order valence-corrected chi connectivity index (χ4v) is 5.12. The van der Waals surface area contributed by atoms with E-state index in [1.807, 2.05) is 4.90 Å². The number of hydrogen-bond donors (Lipinski definition) is 2. The van der Waals surface area contributed by atoms with Crippen molar-refractivity contribution in [3.05, 3.63) is 29.8 Å². The van der Waals surface area contributed by atoms with Crippen LogP contribution in [0.5, 0.6) is 0 Å². The van der Waals surface area contributed by atoms with E-state index in [1.54, 1.807) is 6.07 Å². The average molecular weight is 421 g/mol. The lowest BCUT2D eigenvalue weighted by molar-refractivity contribution is -0.123. The molecule has 1 aromatic carbocycles. The predicted molar refractivity (Wildman–Crippen MR) is 115 cm³/mol. The zero-order valence-corrected chi connectivity index (χ0v) is 17.7. The van der Waals surface area contributed by atoms with Crippen LogP contribution in [-0.2, 0) is 4.79 Å². The molecule has 5 nitrogen and oxygen atoms in total. The van der Waals surface area contributed by atoms with E-state index in [0.717, 1.165) is 76.9 Å². The van der Waals surface area contributed by atoms with Gasteiger partial charge < -0.3 is 15.5 Å². The fourth-order valence-electron chi connectivity index (χ4n) is 5.12. The molecule has 3 aliphatic rings. The molecule has 2 saturated heterocycles. The number of halogens is 2. The van der Waals surface area contributed by atoms with Gasteiger partial charge in [0.15, 0.2) is 0 Å². The van der Waals surface area contributed by atoms with Crippen LogP contribution in [0, 0.1) is 17.6 Å².